The topological polar surface area (TPSA) is 35.2 Å². The number of nitrogens with two attached hydrogens (primary N) is 1. The molecule has 1 unspecified atom stereocenters. The van der Waals surface area contributed by atoms with Crippen molar-refractivity contribution in [2.75, 3.05) is 13.2 Å². The van der Waals surface area contributed by atoms with Crippen LogP contribution in [0.1, 0.15) is 28.6 Å². The zero-order chi connectivity index (χ0) is 9.97. The van der Waals surface area contributed by atoms with Gasteiger partial charge in [0.1, 0.15) is 0 Å². The molecule has 1 saturated heterocycles. The molecular formula is C11H17NOS. The maximum absolute atomic E-state index is 6.24. The Labute approximate surface area is 89.1 Å². The third-order valence-corrected chi connectivity index (χ3v) is 3.97. The highest BCUT2D eigenvalue weighted by atomic mass is 32.1. The van der Waals surface area contributed by atoms with Crippen molar-refractivity contribution in [1.29, 1.82) is 0 Å². The summed E-state index contributed by atoms with van der Waals surface area (Å²) < 4.78 is 5.34. The summed E-state index contributed by atoms with van der Waals surface area (Å²) in [4.78, 5) is 2.68. The normalized spacial score (nSPS) is 21.0. The largest absolute Gasteiger partial charge is 0.381 e. The number of hydrogen-bond acceptors (Lipinski definition) is 3. The van der Waals surface area contributed by atoms with E-state index >= 15 is 0 Å². The van der Waals surface area contributed by atoms with Crippen LogP contribution >= 0.6 is 11.3 Å². The van der Waals surface area contributed by atoms with Crippen molar-refractivity contribution in [3.05, 3.63) is 21.9 Å². The molecule has 3 heteroatoms. The molecule has 2 N–H and O–H groups in total. The number of ether oxygens (including phenoxy) is 1. The summed E-state index contributed by atoms with van der Waals surface area (Å²) in [5.41, 5.74) is 6.24. The minimum Gasteiger partial charge on any atom is -0.381 e. The molecule has 78 valence electrons. The highest BCUT2D eigenvalue weighted by Gasteiger charge is 2.22. The maximum Gasteiger partial charge on any atom is 0.0469 e. The highest BCUT2D eigenvalue weighted by molar-refractivity contribution is 7.12. The molecule has 1 aromatic rings. The van der Waals surface area contributed by atoms with E-state index in [4.69, 9.17) is 10.5 Å². The first-order valence-corrected chi connectivity index (χ1v) is 5.98. The van der Waals surface area contributed by atoms with Gasteiger partial charge < -0.3 is 10.5 Å². The lowest BCUT2D eigenvalue weighted by Gasteiger charge is -2.26. The van der Waals surface area contributed by atoms with Crippen LogP contribution in [0.15, 0.2) is 12.1 Å². The van der Waals surface area contributed by atoms with Gasteiger partial charge in [-0.05, 0) is 37.8 Å². The standard InChI is InChI=1S/C11H17NOS/c1-8-2-3-10(14-8)11(12)9-4-6-13-7-5-9/h2-3,9,11H,4-7,12H2,1H3. The van der Waals surface area contributed by atoms with Crippen LogP contribution in [-0.4, -0.2) is 13.2 Å². The monoisotopic (exact) mass is 211 g/mol. The summed E-state index contributed by atoms with van der Waals surface area (Å²) in [5.74, 6) is 0.613. The summed E-state index contributed by atoms with van der Waals surface area (Å²) in [7, 11) is 0. The number of rotatable bonds is 2. The van der Waals surface area contributed by atoms with E-state index in [0.29, 0.717) is 5.92 Å². The van der Waals surface area contributed by atoms with Crippen molar-refractivity contribution < 1.29 is 4.74 Å². The van der Waals surface area contributed by atoms with E-state index in [2.05, 4.69) is 19.1 Å². The van der Waals surface area contributed by atoms with Crippen LogP contribution in [-0.2, 0) is 4.74 Å². The fraction of sp³-hybridized carbons (Fsp3) is 0.636. The molecule has 1 aliphatic rings. The minimum atomic E-state index is 0.220. The van der Waals surface area contributed by atoms with Crippen LogP contribution in [0, 0.1) is 12.8 Å². The molecule has 0 aromatic carbocycles. The summed E-state index contributed by atoms with van der Waals surface area (Å²) in [6.07, 6.45) is 2.22. The SMILES string of the molecule is Cc1ccc(C(N)C2CCOCC2)s1. The van der Waals surface area contributed by atoms with Gasteiger partial charge in [-0.15, -0.1) is 11.3 Å². The van der Waals surface area contributed by atoms with Crippen LogP contribution < -0.4 is 5.73 Å². The predicted molar refractivity (Wildman–Crippen MR) is 59.5 cm³/mol. The van der Waals surface area contributed by atoms with E-state index in [0.717, 1.165) is 26.1 Å². The van der Waals surface area contributed by atoms with Crippen LogP contribution in [0.25, 0.3) is 0 Å². The molecule has 2 heterocycles. The van der Waals surface area contributed by atoms with Crippen LogP contribution in [0.4, 0.5) is 0 Å². The number of aryl methyl sites for hydroxylation is 1. The second kappa shape index (κ2) is 4.43. The molecule has 1 fully saturated rings. The predicted octanol–water partition coefficient (Wildman–Crippen LogP) is 2.48. The second-order valence-electron chi connectivity index (χ2n) is 3.92. The lowest BCUT2D eigenvalue weighted by Crippen LogP contribution is -2.26. The van der Waals surface area contributed by atoms with Gasteiger partial charge in [0.25, 0.3) is 0 Å². The van der Waals surface area contributed by atoms with E-state index in [-0.39, 0.29) is 6.04 Å². The Hall–Kier alpha value is -0.380. The molecule has 2 nitrogen and oxygen atoms in total. The zero-order valence-electron chi connectivity index (χ0n) is 8.53. The van der Waals surface area contributed by atoms with Crippen LogP contribution in [0.2, 0.25) is 0 Å². The average molecular weight is 211 g/mol. The molecule has 0 saturated carbocycles. The zero-order valence-corrected chi connectivity index (χ0v) is 9.35. The van der Waals surface area contributed by atoms with Gasteiger partial charge in [0.05, 0.1) is 0 Å². The Morgan fingerprint density at radius 3 is 2.71 bits per heavy atom. The quantitative estimate of drug-likeness (QED) is 0.815. The molecule has 0 aliphatic carbocycles. The Balaban J connectivity index is 2.03. The van der Waals surface area contributed by atoms with E-state index in [1.807, 2.05) is 11.3 Å². The molecule has 0 radical (unpaired) electrons. The minimum absolute atomic E-state index is 0.220. The molecule has 0 amide bonds. The summed E-state index contributed by atoms with van der Waals surface area (Å²) in [6.45, 7) is 3.89. The average Bonchev–Trinajstić information content (AvgIpc) is 2.65. The van der Waals surface area contributed by atoms with E-state index < -0.39 is 0 Å². The lowest BCUT2D eigenvalue weighted by molar-refractivity contribution is 0.0587. The first-order valence-electron chi connectivity index (χ1n) is 5.17. The van der Waals surface area contributed by atoms with Gasteiger partial charge in [0.2, 0.25) is 0 Å². The van der Waals surface area contributed by atoms with Crippen molar-refractivity contribution in [2.45, 2.75) is 25.8 Å². The van der Waals surface area contributed by atoms with Crippen molar-refractivity contribution in [1.82, 2.24) is 0 Å². The van der Waals surface area contributed by atoms with Crippen molar-refractivity contribution >= 4 is 11.3 Å². The highest BCUT2D eigenvalue weighted by Crippen LogP contribution is 2.31. The fourth-order valence-corrected chi connectivity index (χ4v) is 2.91. The fourth-order valence-electron chi connectivity index (χ4n) is 1.94. The molecule has 14 heavy (non-hydrogen) atoms. The maximum atomic E-state index is 6.24. The van der Waals surface area contributed by atoms with E-state index in [1.165, 1.54) is 9.75 Å². The number of thiophene rings is 1. The molecule has 0 bridgehead atoms. The first-order chi connectivity index (χ1) is 6.77. The van der Waals surface area contributed by atoms with E-state index in [9.17, 15) is 0 Å². The van der Waals surface area contributed by atoms with Gasteiger partial charge in [0.15, 0.2) is 0 Å². The van der Waals surface area contributed by atoms with Gasteiger partial charge >= 0.3 is 0 Å². The summed E-state index contributed by atoms with van der Waals surface area (Å²) in [6, 6.07) is 4.54. The summed E-state index contributed by atoms with van der Waals surface area (Å²) >= 11 is 1.82. The van der Waals surface area contributed by atoms with Crippen molar-refractivity contribution in [3.8, 4) is 0 Å². The summed E-state index contributed by atoms with van der Waals surface area (Å²) in [5, 5.41) is 0. The second-order valence-corrected chi connectivity index (χ2v) is 5.24. The Kier molecular flexibility index (Phi) is 3.21. The molecule has 1 atom stereocenters. The molecular weight excluding hydrogens is 194 g/mol. The Morgan fingerprint density at radius 2 is 2.14 bits per heavy atom. The van der Waals surface area contributed by atoms with Gasteiger partial charge in [-0.3, -0.25) is 0 Å². The number of hydrogen-bond donors (Lipinski definition) is 1. The third kappa shape index (κ3) is 2.16. The third-order valence-electron chi connectivity index (χ3n) is 2.86. The van der Waals surface area contributed by atoms with E-state index in [1.54, 1.807) is 0 Å². The van der Waals surface area contributed by atoms with Crippen molar-refractivity contribution in [2.24, 2.45) is 11.7 Å². The Bertz CT molecular complexity index is 291. The first kappa shape index (κ1) is 10.1. The Morgan fingerprint density at radius 1 is 1.43 bits per heavy atom. The van der Waals surface area contributed by atoms with Crippen LogP contribution in [0.3, 0.4) is 0 Å². The molecule has 1 aromatic heterocycles. The van der Waals surface area contributed by atoms with Crippen LogP contribution in [0.5, 0.6) is 0 Å². The molecule has 0 spiro atoms. The molecule has 2 rings (SSSR count). The smallest absolute Gasteiger partial charge is 0.0469 e. The molecule has 1 aliphatic heterocycles. The van der Waals surface area contributed by atoms with Crippen molar-refractivity contribution in [3.63, 3.8) is 0 Å². The lowest BCUT2D eigenvalue weighted by atomic mass is 9.91. The van der Waals surface area contributed by atoms with Gasteiger partial charge in [0, 0.05) is 29.0 Å². The van der Waals surface area contributed by atoms with Gasteiger partial charge in [-0.25, -0.2) is 0 Å². The van der Waals surface area contributed by atoms with Gasteiger partial charge in [-0.2, -0.15) is 0 Å². The van der Waals surface area contributed by atoms with Gasteiger partial charge in [-0.1, -0.05) is 0 Å².